The molecule has 1 saturated heterocycles. The van der Waals surface area contributed by atoms with Gasteiger partial charge in [0.15, 0.2) is 5.58 Å². The zero-order valence-corrected chi connectivity index (χ0v) is 18.2. The van der Waals surface area contributed by atoms with Crippen LogP contribution in [0.3, 0.4) is 0 Å². The average Bonchev–Trinajstić information content (AvgIpc) is 3.57. The Morgan fingerprint density at radius 1 is 1.21 bits per heavy atom. The summed E-state index contributed by atoms with van der Waals surface area (Å²) in [7, 11) is 1.81. The predicted molar refractivity (Wildman–Crippen MR) is 126 cm³/mol. The van der Waals surface area contributed by atoms with Crippen LogP contribution in [-0.2, 0) is 4.79 Å². The molecular formula is C24H24N6O3. The lowest BCUT2D eigenvalue weighted by Crippen LogP contribution is -2.50. The summed E-state index contributed by atoms with van der Waals surface area (Å²) in [5, 5.41) is 17.3. The number of nitrogens with zero attached hydrogens (tertiary/aromatic N) is 4. The molecule has 168 valence electrons. The molecule has 1 amide bonds. The van der Waals surface area contributed by atoms with Crippen LogP contribution < -0.4 is 15.5 Å². The van der Waals surface area contributed by atoms with Crippen LogP contribution in [0.25, 0.3) is 33.3 Å². The highest BCUT2D eigenvalue weighted by Gasteiger charge is 2.31. The summed E-state index contributed by atoms with van der Waals surface area (Å²) in [5.74, 6) is 1.73. The van der Waals surface area contributed by atoms with Crippen molar-refractivity contribution in [3.63, 3.8) is 0 Å². The second-order valence-electron chi connectivity index (χ2n) is 8.61. The van der Waals surface area contributed by atoms with E-state index in [1.807, 2.05) is 24.3 Å². The lowest BCUT2D eigenvalue weighted by atomic mass is 10.0. The van der Waals surface area contributed by atoms with Gasteiger partial charge in [0.1, 0.15) is 17.2 Å². The first kappa shape index (κ1) is 19.9. The molecule has 4 heterocycles. The van der Waals surface area contributed by atoms with E-state index in [-0.39, 0.29) is 24.5 Å². The number of carbonyl (C=O) groups excluding carboxylic acids is 1. The maximum Gasteiger partial charge on any atom is 0.229 e. The van der Waals surface area contributed by atoms with Gasteiger partial charge in [-0.25, -0.2) is 15.0 Å². The number of carbonyl (C=O) groups is 1. The van der Waals surface area contributed by atoms with E-state index >= 15 is 0 Å². The van der Waals surface area contributed by atoms with Gasteiger partial charge in [-0.1, -0.05) is 6.07 Å². The highest BCUT2D eigenvalue weighted by atomic mass is 16.3. The molecule has 3 N–H and O–H groups in total. The SMILES string of the molecule is CNc1ncc(-c2nc3cccc(N4CCC4CO)c3o2)c2cc(NC(=O)C3CC3)ncc12. The maximum atomic E-state index is 12.3. The summed E-state index contributed by atoms with van der Waals surface area (Å²) in [6.45, 7) is 0.983. The van der Waals surface area contributed by atoms with Crippen molar-refractivity contribution in [3.05, 3.63) is 36.7 Å². The minimum atomic E-state index is 0.00536. The molecule has 1 unspecified atom stereocenters. The smallest absolute Gasteiger partial charge is 0.229 e. The predicted octanol–water partition coefficient (Wildman–Crippen LogP) is 3.40. The molecule has 6 rings (SSSR count). The largest absolute Gasteiger partial charge is 0.434 e. The molecule has 9 heteroatoms. The number of oxazole rings is 1. The van der Waals surface area contributed by atoms with Gasteiger partial charge in [-0.05, 0) is 37.5 Å². The van der Waals surface area contributed by atoms with Crippen LogP contribution in [0.2, 0.25) is 0 Å². The quantitative estimate of drug-likeness (QED) is 0.414. The molecule has 4 aromatic rings. The van der Waals surface area contributed by atoms with Crippen molar-refractivity contribution in [2.24, 2.45) is 5.92 Å². The minimum Gasteiger partial charge on any atom is -0.434 e. The van der Waals surface area contributed by atoms with Crippen molar-refractivity contribution in [1.82, 2.24) is 15.0 Å². The Morgan fingerprint density at radius 2 is 2.09 bits per heavy atom. The van der Waals surface area contributed by atoms with Crippen molar-refractivity contribution < 1.29 is 14.3 Å². The van der Waals surface area contributed by atoms with E-state index in [2.05, 4.69) is 25.5 Å². The molecule has 0 spiro atoms. The Morgan fingerprint density at radius 3 is 2.82 bits per heavy atom. The van der Waals surface area contributed by atoms with E-state index in [0.717, 1.165) is 53.3 Å². The van der Waals surface area contributed by atoms with Gasteiger partial charge in [0.2, 0.25) is 11.8 Å². The van der Waals surface area contributed by atoms with Gasteiger partial charge in [-0.15, -0.1) is 0 Å². The summed E-state index contributed by atoms with van der Waals surface area (Å²) < 4.78 is 6.28. The fraction of sp³-hybridized carbons (Fsp3) is 0.333. The summed E-state index contributed by atoms with van der Waals surface area (Å²) in [6, 6.07) is 7.81. The molecule has 1 aromatic carbocycles. The van der Waals surface area contributed by atoms with Crippen LogP contribution in [0, 0.1) is 5.92 Å². The summed E-state index contributed by atoms with van der Waals surface area (Å²) >= 11 is 0. The molecule has 0 radical (unpaired) electrons. The van der Waals surface area contributed by atoms with Crippen molar-refractivity contribution in [2.45, 2.75) is 25.3 Å². The van der Waals surface area contributed by atoms with Gasteiger partial charge < -0.3 is 25.1 Å². The first-order valence-corrected chi connectivity index (χ1v) is 11.2. The van der Waals surface area contributed by atoms with Gasteiger partial charge in [-0.2, -0.15) is 0 Å². The fourth-order valence-corrected chi connectivity index (χ4v) is 4.37. The van der Waals surface area contributed by atoms with Crippen molar-refractivity contribution in [3.8, 4) is 11.5 Å². The monoisotopic (exact) mass is 444 g/mol. The molecule has 9 nitrogen and oxygen atoms in total. The van der Waals surface area contributed by atoms with E-state index in [1.54, 1.807) is 19.4 Å². The van der Waals surface area contributed by atoms with Crippen LogP contribution in [0.1, 0.15) is 19.3 Å². The van der Waals surface area contributed by atoms with Gasteiger partial charge >= 0.3 is 0 Å². The lowest BCUT2D eigenvalue weighted by Gasteiger charge is -2.41. The Bertz CT molecular complexity index is 1380. The average molecular weight is 444 g/mol. The fourth-order valence-electron chi connectivity index (χ4n) is 4.37. The second kappa shape index (κ2) is 7.70. The Labute approximate surface area is 189 Å². The van der Waals surface area contributed by atoms with Crippen molar-refractivity contribution >= 4 is 45.1 Å². The summed E-state index contributed by atoms with van der Waals surface area (Å²) in [6.07, 6.45) is 6.25. The zero-order valence-electron chi connectivity index (χ0n) is 18.2. The molecule has 33 heavy (non-hydrogen) atoms. The Balaban J connectivity index is 1.46. The topological polar surface area (TPSA) is 116 Å². The number of aliphatic hydroxyl groups is 1. The first-order valence-electron chi connectivity index (χ1n) is 11.2. The molecule has 1 aliphatic carbocycles. The highest BCUT2D eigenvalue weighted by molar-refractivity contribution is 6.03. The zero-order chi connectivity index (χ0) is 22.5. The van der Waals surface area contributed by atoms with Crippen molar-refractivity contribution in [2.75, 3.05) is 35.7 Å². The molecular weight excluding hydrogens is 420 g/mol. The third-order valence-electron chi connectivity index (χ3n) is 6.50. The number of anilines is 3. The van der Waals surface area contributed by atoms with Gasteiger partial charge in [0.05, 0.1) is 23.9 Å². The lowest BCUT2D eigenvalue weighted by molar-refractivity contribution is -0.117. The number of aromatic nitrogens is 3. The molecule has 1 aliphatic heterocycles. The van der Waals surface area contributed by atoms with Crippen LogP contribution in [0.4, 0.5) is 17.3 Å². The molecule has 2 aliphatic rings. The Hall–Kier alpha value is -3.72. The minimum absolute atomic E-state index is 0.00536. The number of nitrogens with one attached hydrogen (secondary N) is 2. The highest BCUT2D eigenvalue weighted by Crippen LogP contribution is 2.38. The number of rotatable bonds is 6. The number of hydrogen-bond acceptors (Lipinski definition) is 8. The standard InChI is InChI=1S/C24H24N6O3/c1-25-22-16-10-26-20(29-23(32)13-5-6-13)9-15(16)17(11-27-22)24-28-18-3-2-4-19(21(18)33-24)30-8-7-14(30)12-31/h2-4,9-11,13-14,31H,5-8,12H2,1H3,(H,25,27)(H,26,29,32). The molecule has 1 atom stereocenters. The van der Waals surface area contributed by atoms with Crippen LogP contribution in [0.5, 0.6) is 0 Å². The Kier molecular flexibility index (Phi) is 4.65. The maximum absolute atomic E-state index is 12.3. The third-order valence-corrected chi connectivity index (χ3v) is 6.50. The van der Waals surface area contributed by atoms with E-state index in [0.29, 0.717) is 23.1 Å². The van der Waals surface area contributed by atoms with E-state index in [4.69, 9.17) is 9.40 Å². The van der Waals surface area contributed by atoms with Gasteiger partial charge in [-0.3, -0.25) is 4.79 Å². The van der Waals surface area contributed by atoms with E-state index in [9.17, 15) is 9.90 Å². The first-order chi connectivity index (χ1) is 16.2. The number of para-hydroxylation sites is 1. The number of hydrogen-bond donors (Lipinski definition) is 3. The van der Waals surface area contributed by atoms with Gasteiger partial charge in [0, 0.05) is 42.7 Å². The van der Waals surface area contributed by atoms with E-state index < -0.39 is 0 Å². The third kappa shape index (κ3) is 3.36. The second-order valence-corrected chi connectivity index (χ2v) is 8.61. The molecule has 1 saturated carbocycles. The van der Waals surface area contributed by atoms with Crippen LogP contribution >= 0.6 is 0 Å². The number of aliphatic hydroxyl groups excluding tert-OH is 1. The van der Waals surface area contributed by atoms with Crippen LogP contribution in [-0.4, -0.2) is 52.2 Å². The van der Waals surface area contributed by atoms with Crippen molar-refractivity contribution in [1.29, 1.82) is 0 Å². The van der Waals surface area contributed by atoms with Gasteiger partial charge in [0.25, 0.3) is 0 Å². The molecule has 2 fully saturated rings. The number of fused-ring (bicyclic) bond motifs is 2. The van der Waals surface area contributed by atoms with E-state index in [1.165, 1.54) is 0 Å². The number of pyridine rings is 2. The number of benzene rings is 1. The summed E-state index contributed by atoms with van der Waals surface area (Å²) in [5.41, 5.74) is 3.08. The molecule has 0 bridgehead atoms. The normalized spacial score (nSPS) is 17.9. The van der Waals surface area contributed by atoms with Crippen LogP contribution in [0.15, 0.2) is 41.1 Å². The number of amides is 1. The summed E-state index contributed by atoms with van der Waals surface area (Å²) in [4.78, 5) is 28.1. The molecule has 3 aromatic heterocycles.